The smallest absolute Gasteiger partial charge is 0.225 e. The van der Waals surface area contributed by atoms with E-state index in [1.807, 2.05) is 9.80 Å². The number of hydrogen-bond donors (Lipinski definition) is 0. The Labute approximate surface area is 170 Å². The second-order valence-corrected chi connectivity index (χ2v) is 8.43. The second kappa shape index (κ2) is 8.69. The SMILES string of the molecule is O=C(CC1(COc2ccc(F)cc2)CN(C(=O)C2CC2)CCO1)N1CCCCC1. The highest BCUT2D eigenvalue weighted by molar-refractivity contribution is 5.82. The van der Waals surface area contributed by atoms with Crippen LogP contribution in [0.15, 0.2) is 24.3 Å². The molecule has 1 saturated carbocycles. The van der Waals surface area contributed by atoms with Gasteiger partial charge in [0.2, 0.25) is 11.8 Å². The molecule has 4 rings (SSSR count). The van der Waals surface area contributed by atoms with Crippen molar-refractivity contribution < 1.29 is 23.5 Å². The fourth-order valence-corrected chi connectivity index (χ4v) is 4.14. The largest absolute Gasteiger partial charge is 0.490 e. The van der Waals surface area contributed by atoms with Crippen LogP contribution in [-0.2, 0) is 14.3 Å². The lowest BCUT2D eigenvalue weighted by atomic mass is 9.96. The molecule has 7 heteroatoms. The van der Waals surface area contributed by atoms with Crippen LogP contribution in [0.1, 0.15) is 38.5 Å². The first-order chi connectivity index (χ1) is 14.0. The van der Waals surface area contributed by atoms with Gasteiger partial charge >= 0.3 is 0 Å². The minimum Gasteiger partial charge on any atom is -0.490 e. The highest BCUT2D eigenvalue weighted by Gasteiger charge is 2.44. The van der Waals surface area contributed by atoms with Gasteiger partial charge in [-0.25, -0.2) is 4.39 Å². The number of amides is 2. The molecule has 1 unspecified atom stereocenters. The number of benzene rings is 1. The van der Waals surface area contributed by atoms with Gasteiger partial charge in [-0.05, 0) is 56.4 Å². The quantitative estimate of drug-likeness (QED) is 0.731. The van der Waals surface area contributed by atoms with Crippen molar-refractivity contribution in [3.63, 3.8) is 0 Å². The van der Waals surface area contributed by atoms with Gasteiger partial charge in [0, 0.05) is 25.6 Å². The average molecular weight is 404 g/mol. The highest BCUT2D eigenvalue weighted by atomic mass is 19.1. The van der Waals surface area contributed by atoms with Gasteiger partial charge in [-0.3, -0.25) is 9.59 Å². The lowest BCUT2D eigenvalue weighted by molar-refractivity contribution is -0.166. The molecule has 29 heavy (non-hydrogen) atoms. The van der Waals surface area contributed by atoms with E-state index in [0.29, 0.717) is 25.4 Å². The number of halogens is 1. The summed E-state index contributed by atoms with van der Waals surface area (Å²) >= 11 is 0. The first kappa shape index (κ1) is 20.1. The van der Waals surface area contributed by atoms with Gasteiger partial charge in [-0.15, -0.1) is 0 Å². The molecule has 1 aromatic rings. The molecule has 6 nitrogen and oxygen atoms in total. The Hall–Kier alpha value is -2.15. The molecule has 1 aliphatic carbocycles. The number of likely N-dealkylation sites (tertiary alicyclic amines) is 1. The van der Waals surface area contributed by atoms with Crippen LogP contribution in [0.2, 0.25) is 0 Å². The van der Waals surface area contributed by atoms with E-state index < -0.39 is 5.60 Å². The molecule has 3 aliphatic rings. The molecule has 0 bridgehead atoms. The van der Waals surface area contributed by atoms with Crippen molar-refractivity contribution in [3.8, 4) is 5.75 Å². The van der Waals surface area contributed by atoms with Crippen molar-refractivity contribution in [3.05, 3.63) is 30.1 Å². The number of hydrogen-bond acceptors (Lipinski definition) is 4. The fourth-order valence-electron chi connectivity index (χ4n) is 4.14. The van der Waals surface area contributed by atoms with Crippen molar-refractivity contribution >= 4 is 11.8 Å². The molecule has 0 aromatic heterocycles. The minimum atomic E-state index is -0.883. The first-order valence-electron chi connectivity index (χ1n) is 10.6. The lowest BCUT2D eigenvalue weighted by Crippen LogP contribution is -2.58. The van der Waals surface area contributed by atoms with Gasteiger partial charge in [0.25, 0.3) is 0 Å². The van der Waals surface area contributed by atoms with E-state index in [-0.39, 0.29) is 36.6 Å². The molecule has 2 saturated heterocycles. The molecule has 158 valence electrons. The number of piperidine rings is 1. The minimum absolute atomic E-state index is 0.0492. The summed E-state index contributed by atoms with van der Waals surface area (Å²) in [4.78, 5) is 29.4. The van der Waals surface area contributed by atoms with Crippen LogP contribution in [0.4, 0.5) is 4.39 Å². The average Bonchev–Trinajstić information content (AvgIpc) is 3.59. The molecule has 0 N–H and O–H groups in total. The summed E-state index contributed by atoms with van der Waals surface area (Å²) in [7, 11) is 0. The van der Waals surface area contributed by atoms with E-state index in [2.05, 4.69) is 0 Å². The first-order valence-corrected chi connectivity index (χ1v) is 10.6. The maximum Gasteiger partial charge on any atom is 0.225 e. The summed E-state index contributed by atoms with van der Waals surface area (Å²) in [6, 6.07) is 5.80. The van der Waals surface area contributed by atoms with E-state index in [1.165, 1.54) is 12.1 Å². The number of morpholine rings is 1. The number of nitrogens with zero attached hydrogens (tertiary/aromatic N) is 2. The second-order valence-electron chi connectivity index (χ2n) is 8.43. The van der Waals surface area contributed by atoms with Crippen LogP contribution < -0.4 is 4.74 Å². The summed E-state index contributed by atoms with van der Waals surface area (Å²) in [6.45, 7) is 2.98. The zero-order valence-electron chi connectivity index (χ0n) is 16.8. The number of ether oxygens (including phenoxy) is 2. The van der Waals surface area contributed by atoms with Crippen molar-refractivity contribution in [1.29, 1.82) is 0 Å². The molecule has 1 aromatic carbocycles. The van der Waals surface area contributed by atoms with Crippen molar-refractivity contribution in [2.45, 2.75) is 44.1 Å². The summed E-state index contributed by atoms with van der Waals surface area (Å²) in [6.07, 6.45) is 5.28. The van der Waals surface area contributed by atoms with Gasteiger partial charge in [-0.1, -0.05) is 0 Å². The Morgan fingerprint density at radius 2 is 1.79 bits per heavy atom. The van der Waals surface area contributed by atoms with Crippen LogP contribution >= 0.6 is 0 Å². The van der Waals surface area contributed by atoms with Crippen molar-refractivity contribution in [1.82, 2.24) is 9.80 Å². The standard InChI is InChI=1S/C22H29FN2O4/c23-18-6-8-19(9-7-18)28-16-22(14-20(26)24-10-2-1-3-11-24)15-25(12-13-29-22)21(27)17-4-5-17/h6-9,17H,1-5,10-16H2. The third-order valence-electron chi connectivity index (χ3n) is 5.98. The van der Waals surface area contributed by atoms with Crippen LogP contribution in [0.25, 0.3) is 0 Å². The predicted molar refractivity (Wildman–Crippen MR) is 105 cm³/mol. The highest BCUT2D eigenvalue weighted by Crippen LogP contribution is 2.33. The molecule has 2 aliphatic heterocycles. The molecule has 3 fully saturated rings. The number of carbonyl (C=O) groups is 2. The van der Waals surface area contributed by atoms with Gasteiger partial charge in [0.1, 0.15) is 23.8 Å². The van der Waals surface area contributed by atoms with Gasteiger partial charge in [0.15, 0.2) is 0 Å². The van der Waals surface area contributed by atoms with E-state index in [1.54, 1.807) is 12.1 Å². The molecule has 0 spiro atoms. The van der Waals surface area contributed by atoms with E-state index in [4.69, 9.17) is 9.47 Å². The monoisotopic (exact) mass is 404 g/mol. The zero-order valence-corrected chi connectivity index (χ0v) is 16.8. The van der Waals surface area contributed by atoms with Crippen LogP contribution in [0, 0.1) is 11.7 Å². The summed E-state index contributed by atoms with van der Waals surface area (Å²) < 4.78 is 25.2. The summed E-state index contributed by atoms with van der Waals surface area (Å²) in [5.41, 5.74) is -0.883. The van der Waals surface area contributed by atoms with E-state index >= 15 is 0 Å². The Bertz CT molecular complexity index is 731. The Balaban J connectivity index is 1.47. The zero-order chi connectivity index (χ0) is 20.3. The van der Waals surface area contributed by atoms with Crippen LogP contribution in [0.3, 0.4) is 0 Å². The van der Waals surface area contributed by atoms with Gasteiger partial charge in [-0.2, -0.15) is 0 Å². The van der Waals surface area contributed by atoms with Crippen LogP contribution in [0.5, 0.6) is 5.75 Å². The molecule has 0 radical (unpaired) electrons. The van der Waals surface area contributed by atoms with Crippen molar-refractivity contribution in [2.24, 2.45) is 5.92 Å². The van der Waals surface area contributed by atoms with E-state index in [0.717, 1.165) is 45.2 Å². The number of rotatable bonds is 6. The fraction of sp³-hybridized carbons (Fsp3) is 0.636. The Morgan fingerprint density at radius 1 is 1.07 bits per heavy atom. The summed E-state index contributed by atoms with van der Waals surface area (Å²) in [5, 5.41) is 0. The summed E-state index contributed by atoms with van der Waals surface area (Å²) in [5.74, 6) is 0.521. The molecule has 1 atom stereocenters. The Kier molecular flexibility index (Phi) is 6.04. The maximum atomic E-state index is 13.2. The van der Waals surface area contributed by atoms with Gasteiger partial charge < -0.3 is 19.3 Å². The van der Waals surface area contributed by atoms with Crippen LogP contribution in [-0.4, -0.2) is 66.6 Å². The molecule has 2 heterocycles. The van der Waals surface area contributed by atoms with Crippen molar-refractivity contribution in [2.75, 3.05) is 39.4 Å². The van der Waals surface area contributed by atoms with Gasteiger partial charge in [0.05, 0.1) is 19.6 Å². The molecular weight excluding hydrogens is 375 g/mol. The third-order valence-corrected chi connectivity index (χ3v) is 5.98. The number of carbonyl (C=O) groups excluding carboxylic acids is 2. The predicted octanol–water partition coefficient (Wildman–Crippen LogP) is 2.61. The lowest BCUT2D eigenvalue weighted by Gasteiger charge is -2.43. The molecule has 2 amide bonds. The normalized spacial score (nSPS) is 25.0. The molecular formula is C22H29FN2O4. The van der Waals surface area contributed by atoms with E-state index in [9.17, 15) is 14.0 Å². The third kappa shape index (κ3) is 5.07. The topological polar surface area (TPSA) is 59.1 Å². The Morgan fingerprint density at radius 3 is 2.48 bits per heavy atom. The maximum absolute atomic E-state index is 13.2.